The number of hydrogen-bond acceptors (Lipinski definition) is 6. The zero-order valence-electron chi connectivity index (χ0n) is 15.4. The molecule has 3 aromatic rings. The number of nitrogens with zero attached hydrogens (tertiary/aromatic N) is 3. The maximum absolute atomic E-state index is 12.4. The minimum Gasteiger partial charge on any atom is -0.495 e. The van der Waals surface area contributed by atoms with E-state index in [1.54, 1.807) is 30.5 Å². The van der Waals surface area contributed by atoms with Gasteiger partial charge in [-0.2, -0.15) is 0 Å². The third-order valence-corrected chi connectivity index (χ3v) is 5.10. The number of nitrogens with one attached hydrogen (secondary N) is 1. The number of ether oxygens (including phenoxy) is 1. The molecule has 0 spiro atoms. The first-order valence-electron chi connectivity index (χ1n) is 8.38. The predicted molar refractivity (Wildman–Crippen MR) is 110 cm³/mol. The summed E-state index contributed by atoms with van der Waals surface area (Å²) in [4.78, 5) is 12.4. The van der Waals surface area contributed by atoms with Crippen molar-refractivity contribution < 1.29 is 13.9 Å². The van der Waals surface area contributed by atoms with Crippen LogP contribution in [0.3, 0.4) is 0 Å². The molecule has 2 aromatic heterocycles. The molecule has 0 atom stereocenters. The van der Waals surface area contributed by atoms with Gasteiger partial charge in [0.05, 0.1) is 30.4 Å². The number of halogens is 1. The Bertz CT molecular complexity index is 999. The van der Waals surface area contributed by atoms with Gasteiger partial charge < -0.3 is 14.5 Å². The molecule has 28 heavy (non-hydrogen) atoms. The first kappa shape index (κ1) is 20.0. The molecule has 1 amide bonds. The van der Waals surface area contributed by atoms with Gasteiger partial charge >= 0.3 is 0 Å². The fraction of sp³-hybridized carbons (Fsp3) is 0.211. The monoisotopic (exact) mass is 418 g/mol. The van der Waals surface area contributed by atoms with Gasteiger partial charge in [0.25, 0.3) is 0 Å². The normalized spacial score (nSPS) is 10.7. The van der Waals surface area contributed by atoms with E-state index in [0.29, 0.717) is 34.0 Å². The van der Waals surface area contributed by atoms with Gasteiger partial charge in [-0.05, 0) is 31.2 Å². The fourth-order valence-electron chi connectivity index (χ4n) is 2.60. The molecule has 0 aliphatic rings. The molecule has 0 fully saturated rings. The van der Waals surface area contributed by atoms with E-state index in [2.05, 4.69) is 22.1 Å². The Balaban J connectivity index is 1.73. The molecule has 0 radical (unpaired) electrons. The van der Waals surface area contributed by atoms with Crippen molar-refractivity contribution >= 4 is 35.0 Å². The second-order valence-electron chi connectivity index (χ2n) is 5.78. The van der Waals surface area contributed by atoms with Crippen LogP contribution >= 0.6 is 23.4 Å². The van der Waals surface area contributed by atoms with Gasteiger partial charge in [0.15, 0.2) is 11.0 Å². The summed E-state index contributed by atoms with van der Waals surface area (Å²) in [6.07, 6.45) is 3.36. The average molecular weight is 419 g/mol. The van der Waals surface area contributed by atoms with Crippen molar-refractivity contribution in [3.63, 3.8) is 0 Å². The van der Waals surface area contributed by atoms with Gasteiger partial charge in [-0.25, -0.2) is 0 Å². The summed E-state index contributed by atoms with van der Waals surface area (Å²) in [6.45, 7) is 6.16. The second kappa shape index (κ2) is 8.99. The molecule has 1 N–H and O–H groups in total. The number of aromatic nitrogens is 3. The third kappa shape index (κ3) is 4.40. The van der Waals surface area contributed by atoms with Crippen LogP contribution in [0.4, 0.5) is 5.69 Å². The Kier molecular flexibility index (Phi) is 6.43. The van der Waals surface area contributed by atoms with E-state index in [1.165, 1.54) is 18.9 Å². The topological polar surface area (TPSA) is 82.2 Å². The summed E-state index contributed by atoms with van der Waals surface area (Å²) < 4.78 is 12.5. The highest BCUT2D eigenvalue weighted by atomic mass is 35.5. The molecular formula is C19H19ClN4O3S. The molecule has 0 unspecified atom stereocenters. The van der Waals surface area contributed by atoms with Crippen molar-refractivity contribution in [2.45, 2.75) is 18.6 Å². The first-order chi connectivity index (χ1) is 13.5. The van der Waals surface area contributed by atoms with Crippen LogP contribution in [0.25, 0.3) is 11.4 Å². The molecule has 2 heterocycles. The van der Waals surface area contributed by atoms with Crippen molar-refractivity contribution in [2.75, 3.05) is 18.2 Å². The lowest BCUT2D eigenvalue weighted by atomic mass is 10.2. The molecule has 0 bridgehead atoms. The maximum Gasteiger partial charge on any atom is 0.234 e. The molecule has 3 rings (SSSR count). The highest BCUT2D eigenvalue weighted by Gasteiger charge is 2.18. The number of rotatable bonds is 8. The SMILES string of the molecule is C=CCn1c(SCC(=O)Nc2cc(Cl)ccc2OC)nnc1-c1ccoc1C. The van der Waals surface area contributed by atoms with Gasteiger partial charge in [0.2, 0.25) is 5.91 Å². The molecule has 9 heteroatoms. The summed E-state index contributed by atoms with van der Waals surface area (Å²) >= 11 is 7.28. The van der Waals surface area contributed by atoms with Gasteiger partial charge in [-0.3, -0.25) is 9.36 Å². The van der Waals surface area contributed by atoms with Crippen molar-refractivity contribution in [1.82, 2.24) is 14.8 Å². The number of methoxy groups -OCH3 is 1. The number of thioether (sulfide) groups is 1. The molecule has 1 aromatic carbocycles. The van der Waals surface area contributed by atoms with Crippen molar-refractivity contribution in [3.05, 3.63) is 54.0 Å². The molecular weight excluding hydrogens is 400 g/mol. The maximum atomic E-state index is 12.4. The molecule has 7 nitrogen and oxygen atoms in total. The summed E-state index contributed by atoms with van der Waals surface area (Å²) in [5, 5.41) is 12.4. The Morgan fingerprint density at radius 3 is 2.93 bits per heavy atom. The van der Waals surface area contributed by atoms with Crippen LogP contribution < -0.4 is 10.1 Å². The summed E-state index contributed by atoms with van der Waals surface area (Å²) in [6, 6.07) is 6.88. The van der Waals surface area contributed by atoms with E-state index in [1.807, 2.05) is 17.6 Å². The lowest BCUT2D eigenvalue weighted by molar-refractivity contribution is -0.113. The minimum atomic E-state index is -0.209. The zero-order chi connectivity index (χ0) is 20.1. The van der Waals surface area contributed by atoms with Crippen LogP contribution in [0.2, 0.25) is 5.02 Å². The summed E-state index contributed by atoms with van der Waals surface area (Å²) in [5.74, 6) is 1.90. The minimum absolute atomic E-state index is 0.148. The second-order valence-corrected chi connectivity index (χ2v) is 7.16. The molecule has 0 aliphatic carbocycles. The number of allylic oxidation sites excluding steroid dienone is 1. The number of carbonyl (C=O) groups is 1. The molecule has 146 valence electrons. The highest BCUT2D eigenvalue weighted by molar-refractivity contribution is 7.99. The van der Waals surface area contributed by atoms with E-state index < -0.39 is 0 Å². The lowest BCUT2D eigenvalue weighted by Crippen LogP contribution is -2.15. The largest absolute Gasteiger partial charge is 0.495 e. The Labute approximate surface area is 171 Å². The van der Waals surface area contributed by atoms with Crippen LogP contribution in [0.1, 0.15) is 5.76 Å². The first-order valence-corrected chi connectivity index (χ1v) is 9.74. The van der Waals surface area contributed by atoms with E-state index >= 15 is 0 Å². The van der Waals surface area contributed by atoms with Crippen LogP contribution in [-0.2, 0) is 11.3 Å². The van der Waals surface area contributed by atoms with E-state index in [0.717, 1.165) is 11.3 Å². The quantitative estimate of drug-likeness (QED) is 0.430. The van der Waals surface area contributed by atoms with Crippen molar-refractivity contribution in [2.24, 2.45) is 0 Å². The lowest BCUT2D eigenvalue weighted by Gasteiger charge is -2.11. The van der Waals surface area contributed by atoms with Crippen LogP contribution in [0, 0.1) is 6.92 Å². The Morgan fingerprint density at radius 1 is 1.43 bits per heavy atom. The number of benzene rings is 1. The van der Waals surface area contributed by atoms with E-state index in [9.17, 15) is 4.79 Å². The van der Waals surface area contributed by atoms with Crippen molar-refractivity contribution in [3.8, 4) is 17.1 Å². The third-order valence-electron chi connectivity index (χ3n) is 3.90. The number of anilines is 1. The number of carbonyl (C=O) groups excluding carboxylic acids is 1. The number of amides is 1. The number of aryl methyl sites for hydroxylation is 1. The Morgan fingerprint density at radius 2 is 2.25 bits per heavy atom. The molecule has 0 saturated carbocycles. The fourth-order valence-corrected chi connectivity index (χ4v) is 3.52. The zero-order valence-corrected chi connectivity index (χ0v) is 17.0. The summed E-state index contributed by atoms with van der Waals surface area (Å²) in [5.41, 5.74) is 1.37. The standard InChI is InChI=1S/C19H19ClN4O3S/c1-4-8-24-18(14-7-9-27-12(14)2)22-23-19(24)28-11-17(25)21-15-10-13(20)5-6-16(15)26-3/h4-7,9-10H,1,8,11H2,2-3H3,(H,21,25). The van der Waals surface area contributed by atoms with Crippen LogP contribution in [0.15, 0.2) is 52.8 Å². The number of hydrogen-bond donors (Lipinski definition) is 1. The Hall–Kier alpha value is -2.71. The van der Waals surface area contributed by atoms with Crippen LogP contribution in [0.5, 0.6) is 5.75 Å². The average Bonchev–Trinajstić information content (AvgIpc) is 3.26. The van der Waals surface area contributed by atoms with Gasteiger partial charge in [-0.15, -0.1) is 16.8 Å². The summed E-state index contributed by atoms with van der Waals surface area (Å²) in [7, 11) is 1.53. The molecule has 0 aliphatic heterocycles. The highest BCUT2D eigenvalue weighted by Crippen LogP contribution is 2.29. The van der Waals surface area contributed by atoms with Gasteiger partial charge in [-0.1, -0.05) is 29.4 Å². The van der Waals surface area contributed by atoms with Crippen molar-refractivity contribution in [1.29, 1.82) is 0 Å². The van der Waals surface area contributed by atoms with Gasteiger partial charge in [0.1, 0.15) is 11.5 Å². The van der Waals surface area contributed by atoms with Gasteiger partial charge in [0, 0.05) is 11.6 Å². The number of furan rings is 1. The van der Waals surface area contributed by atoms with Crippen LogP contribution in [-0.4, -0.2) is 33.5 Å². The predicted octanol–water partition coefficient (Wildman–Crippen LogP) is 4.43. The smallest absolute Gasteiger partial charge is 0.234 e. The van der Waals surface area contributed by atoms with E-state index in [4.69, 9.17) is 20.8 Å². The van der Waals surface area contributed by atoms with E-state index in [-0.39, 0.29) is 11.7 Å². The molecule has 0 saturated heterocycles.